The van der Waals surface area contributed by atoms with Crippen molar-refractivity contribution in [1.82, 2.24) is 9.80 Å². The predicted octanol–water partition coefficient (Wildman–Crippen LogP) is 1.84. The molecule has 6 nitrogen and oxygen atoms in total. The van der Waals surface area contributed by atoms with Crippen LogP contribution in [0.4, 0.5) is 0 Å². The molecule has 126 valence electrons. The van der Waals surface area contributed by atoms with Crippen LogP contribution < -0.4 is 4.74 Å². The Hall–Kier alpha value is -1.60. The molecule has 1 aromatic rings. The quantitative estimate of drug-likeness (QED) is 0.809. The number of nitrogens with zero attached hydrogens (tertiary/aromatic N) is 2. The number of carbonyl (C=O) groups excluding carboxylic acids is 1. The van der Waals surface area contributed by atoms with Crippen LogP contribution in [0.2, 0.25) is 0 Å². The van der Waals surface area contributed by atoms with Crippen molar-refractivity contribution in [3.05, 3.63) is 28.7 Å². The highest BCUT2D eigenvalue weighted by Crippen LogP contribution is 2.16. The minimum atomic E-state index is -0.800. The first-order valence-electron chi connectivity index (χ1n) is 7.64. The number of carboxylic acid groups (broad SMARTS) is 1. The third-order valence-electron chi connectivity index (χ3n) is 3.96. The maximum atomic E-state index is 12.2. The molecular weight excluding hydrogens is 364 g/mol. The predicted molar refractivity (Wildman–Crippen MR) is 89.5 cm³/mol. The molecule has 0 saturated carbocycles. The summed E-state index contributed by atoms with van der Waals surface area (Å²) >= 11 is 3.34. The summed E-state index contributed by atoms with van der Waals surface area (Å²) < 4.78 is 6.44. The van der Waals surface area contributed by atoms with Gasteiger partial charge in [0.15, 0.2) is 6.61 Å². The molecule has 7 heteroatoms. The van der Waals surface area contributed by atoms with E-state index in [4.69, 9.17) is 4.74 Å². The summed E-state index contributed by atoms with van der Waals surface area (Å²) in [5.41, 5.74) is 0. The van der Waals surface area contributed by atoms with E-state index in [2.05, 4.69) is 15.9 Å². The Bertz CT molecular complexity index is 542. The number of benzene rings is 1. The maximum absolute atomic E-state index is 12.2. The van der Waals surface area contributed by atoms with Crippen molar-refractivity contribution in [1.29, 1.82) is 0 Å². The van der Waals surface area contributed by atoms with Crippen LogP contribution >= 0.6 is 15.9 Å². The highest BCUT2D eigenvalue weighted by atomic mass is 79.9. The fourth-order valence-electron chi connectivity index (χ4n) is 2.64. The molecule has 1 heterocycles. The topological polar surface area (TPSA) is 70.1 Å². The third kappa shape index (κ3) is 4.94. The third-order valence-corrected chi connectivity index (χ3v) is 4.48. The van der Waals surface area contributed by atoms with Gasteiger partial charge in [-0.25, -0.2) is 0 Å². The zero-order chi connectivity index (χ0) is 16.8. The van der Waals surface area contributed by atoms with Crippen molar-refractivity contribution >= 4 is 27.8 Å². The van der Waals surface area contributed by atoms with Gasteiger partial charge in [-0.1, -0.05) is 22.9 Å². The molecule has 1 aliphatic heterocycles. The van der Waals surface area contributed by atoms with Crippen LogP contribution in [0.3, 0.4) is 0 Å². The van der Waals surface area contributed by atoms with E-state index in [0.717, 1.165) is 4.47 Å². The molecule has 1 atom stereocenters. The Morgan fingerprint density at radius 3 is 2.35 bits per heavy atom. The Morgan fingerprint density at radius 1 is 1.22 bits per heavy atom. The lowest BCUT2D eigenvalue weighted by molar-refractivity contribution is -0.145. The highest BCUT2D eigenvalue weighted by Gasteiger charge is 2.28. The molecule has 0 aliphatic carbocycles. The molecule has 2 rings (SSSR count). The first-order valence-corrected chi connectivity index (χ1v) is 8.43. The van der Waals surface area contributed by atoms with E-state index in [1.807, 2.05) is 24.0 Å². The van der Waals surface area contributed by atoms with Gasteiger partial charge in [-0.3, -0.25) is 14.5 Å². The molecule has 1 aliphatic rings. The van der Waals surface area contributed by atoms with E-state index in [0.29, 0.717) is 38.3 Å². The second kappa shape index (κ2) is 8.31. The van der Waals surface area contributed by atoms with Crippen LogP contribution in [-0.4, -0.2) is 65.6 Å². The van der Waals surface area contributed by atoms with Gasteiger partial charge in [0.05, 0.1) is 0 Å². The summed E-state index contributed by atoms with van der Waals surface area (Å²) in [7, 11) is 0. The van der Waals surface area contributed by atoms with E-state index >= 15 is 0 Å². The number of amides is 1. The average Bonchev–Trinajstić information content (AvgIpc) is 2.55. The second-order valence-corrected chi connectivity index (χ2v) is 6.34. The van der Waals surface area contributed by atoms with Crippen LogP contribution in [0.1, 0.15) is 13.3 Å². The number of ether oxygens (including phenoxy) is 1. The van der Waals surface area contributed by atoms with Crippen molar-refractivity contribution in [3.63, 3.8) is 0 Å². The summed E-state index contributed by atoms with van der Waals surface area (Å²) in [5, 5.41) is 9.18. The number of hydrogen-bond donors (Lipinski definition) is 1. The molecule has 1 amide bonds. The average molecular weight is 385 g/mol. The van der Waals surface area contributed by atoms with Crippen LogP contribution in [0.15, 0.2) is 28.7 Å². The molecule has 0 bridgehead atoms. The zero-order valence-electron chi connectivity index (χ0n) is 13.1. The fraction of sp³-hybridized carbons (Fsp3) is 0.500. The van der Waals surface area contributed by atoms with Gasteiger partial charge in [0.2, 0.25) is 0 Å². The molecule has 0 aromatic heterocycles. The van der Waals surface area contributed by atoms with Gasteiger partial charge in [-0.05, 0) is 30.7 Å². The standard InChI is InChI=1S/C16H21BrN2O4/c1-2-14(16(21)22)18-7-9-19(10-8-18)15(20)11-23-13-5-3-12(17)4-6-13/h3-6,14H,2,7-11H2,1H3,(H,21,22). The van der Waals surface area contributed by atoms with Crippen LogP contribution in [0.25, 0.3) is 0 Å². The number of piperazine rings is 1. The van der Waals surface area contributed by atoms with E-state index in [-0.39, 0.29) is 12.5 Å². The summed E-state index contributed by atoms with van der Waals surface area (Å²) in [4.78, 5) is 27.0. The number of aliphatic carboxylic acids is 1. The smallest absolute Gasteiger partial charge is 0.320 e. The van der Waals surface area contributed by atoms with Crippen LogP contribution in [0.5, 0.6) is 5.75 Å². The van der Waals surface area contributed by atoms with E-state index in [1.54, 1.807) is 17.0 Å². The molecule has 1 fully saturated rings. The largest absolute Gasteiger partial charge is 0.484 e. The lowest BCUT2D eigenvalue weighted by atomic mass is 10.1. The van der Waals surface area contributed by atoms with E-state index in [9.17, 15) is 14.7 Å². The summed E-state index contributed by atoms with van der Waals surface area (Å²) in [6.45, 7) is 4.09. The molecule has 1 saturated heterocycles. The number of rotatable bonds is 6. The molecule has 0 radical (unpaired) electrons. The van der Waals surface area contributed by atoms with Gasteiger partial charge in [0, 0.05) is 30.7 Å². The number of carbonyl (C=O) groups is 2. The molecule has 1 unspecified atom stereocenters. The SMILES string of the molecule is CCC(C(=O)O)N1CCN(C(=O)COc2ccc(Br)cc2)CC1. The summed E-state index contributed by atoms with van der Waals surface area (Å²) in [5.74, 6) is -0.223. The minimum absolute atomic E-state index is 0.00221. The van der Waals surface area contributed by atoms with Crippen molar-refractivity contribution in [3.8, 4) is 5.75 Å². The Morgan fingerprint density at radius 2 is 1.83 bits per heavy atom. The molecule has 1 N–H and O–H groups in total. The van der Waals surface area contributed by atoms with Gasteiger partial charge in [0.1, 0.15) is 11.8 Å². The van der Waals surface area contributed by atoms with Gasteiger partial charge >= 0.3 is 5.97 Å². The molecule has 23 heavy (non-hydrogen) atoms. The van der Waals surface area contributed by atoms with Gasteiger partial charge < -0.3 is 14.7 Å². The number of halogens is 1. The maximum Gasteiger partial charge on any atom is 0.320 e. The van der Waals surface area contributed by atoms with Crippen LogP contribution in [0, 0.1) is 0 Å². The van der Waals surface area contributed by atoms with Crippen LogP contribution in [-0.2, 0) is 9.59 Å². The van der Waals surface area contributed by atoms with E-state index < -0.39 is 12.0 Å². The molecule has 1 aromatic carbocycles. The molecule has 0 spiro atoms. The first kappa shape index (κ1) is 17.7. The van der Waals surface area contributed by atoms with Crippen molar-refractivity contribution < 1.29 is 19.4 Å². The van der Waals surface area contributed by atoms with E-state index in [1.165, 1.54) is 0 Å². The van der Waals surface area contributed by atoms with Gasteiger partial charge in [0.25, 0.3) is 5.91 Å². The highest BCUT2D eigenvalue weighted by molar-refractivity contribution is 9.10. The lowest BCUT2D eigenvalue weighted by Crippen LogP contribution is -2.54. The van der Waals surface area contributed by atoms with Gasteiger partial charge in [-0.15, -0.1) is 0 Å². The van der Waals surface area contributed by atoms with Gasteiger partial charge in [-0.2, -0.15) is 0 Å². The summed E-state index contributed by atoms with van der Waals surface area (Å²) in [6, 6.07) is 6.85. The number of carboxylic acids is 1. The van der Waals surface area contributed by atoms with Crippen molar-refractivity contribution in [2.45, 2.75) is 19.4 Å². The minimum Gasteiger partial charge on any atom is -0.484 e. The van der Waals surface area contributed by atoms with Crippen molar-refractivity contribution in [2.75, 3.05) is 32.8 Å². The molecular formula is C16H21BrN2O4. The fourth-order valence-corrected chi connectivity index (χ4v) is 2.90. The van der Waals surface area contributed by atoms with Crippen molar-refractivity contribution in [2.24, 2.45) is 0 Å². The lowest BCUT2D eigenvalue weighted by Gasteiger charge is -2.37. The Labute approximate surface area is 144 Å². The Balaban J connectivity index is 1.79. The second-order valence-electron chi connectivity index (χ2n) is 5.42. The Kier molecular flexibility index (Phi) is 6.41. The first-order chi connectivity index (χ1) is 11.0. The summed E-state index contributed by atoms with van der Waals surface area (Å²) in [6.07, 6.45) is 0.565. The normalized spacial score (nSPS) is 16.9. The number of hydrogen-bond acceptors (Lipinski definition) is 4. The monoisotopic (exact) mass is 384 g/mol. The zero-order valence-corrected chi connectivity index (χ0v) is 14.7.